The molecule has 1 N–H and O–H groups in total. The lowest BCUT2D eigenvalue weighted by molar-refractivity contribution is 0.505. The Morgan fingerprint density at radius 1 is 0.964 bits per heavy atom. The lowest BCUT2D eigenvalue weighted by atomic mass is 10.1. The fourth-order valence-electron chi connectivity index (χ4n) is 3.46. The van der Waals surface area contributed by atoms with E-state index in [1.165, 1.54) is 22.3 Å². The molecule has 0 aliphatic rings. The van der Waals surface area contributed by atoms with Crippen LogP contribution in [0.25, 0.3) is 5.69 Å². The van der Waals surface area contributed by atoms with Gasteiger partial charge in [0, 0.05) is 30.5 Å². The summed E-state index contributed by atoms with van der Waals surface area (Å²) in [5.41, 5.74) is 9.18. The van der Waals surface area contributed by atoms with E-state index in [1.807, 2.05) is 17.8 Å². The second-order valence-electron chi connectivity index (χ2n) is 7.40. The highest BCUT2D eigenvalue weighted by Crippen LogP contribution is 2.23. The smallest absolute Gasteiger partial charge is 0.173 e. The second-order valence-corrected chi connectivity index (χ2v) is 7.79. The quantitative estimate of drug-likeness (QED) is 0.615. The summed E-state index contributed by atoms with van der Waals surface area (Å²) in [5.74, 6) is 0. The van der Waals surface area contributed by atoms with Crippen LogP contribution in [0.2, 0.25) is 0 Å². The van der Waals surface area contributed by atoms with E-state index in [-0.39, 0.29) is 0 Å². The van der Waals surface area contributed by atoms with Gasteiger partial charge in [0.25, 0.3) is 0 Å². The van der Waals surface area contributed by atoms with Gasteiger partial charge in [-0.1, -0.05) is 36.4 Å². The van der Waals surface area contributed by atoms with E-state index in [4.69, 9.17) is 17.3 Å². The number of nitrogens with one attached hydrogen (secondary N) is 1. The number of hydrogen-bond donors (Lipinski definition) is 1. The van der Waals surface area contributed by atoms with Gasteiger partial charge in [-0.15, -0.1) is 0 Å². The minimum absolute atomic E-state index is 0.708. The summed E-state index contributed by atoms with van der Waals surface area (Å²) in [6.07, 6.45) is 0. The van der Waals surface area contributed by atoms with Gasteiger partial charge in [-0.05, 0) is 69.6 Å². The van der Waals surface area contributed by atoms with Crippen LogP contribution in [-0.4, -0.2) is 26.8 Å². The number of anilines is 1. The molecule has 5 heteroatoms. The maximum atomic E-state index is 5.67. The molecule has 0 fully saturated rings. The molecule has 4 nitrogen and oxygen atoms in total. The Morgan fingerprint density at radius 2 is 1.57 bits per heavy atom. The number of benzene rings is 2. The number of nitrogens with zero attached hydrogens (tertiary/aromatic N) is 3. The first-order chi connectivity index (χ1) is 13.3. The van der Waals surface area contributed by atoms with Crippen LogP contribution in [0.15, 0.2) is 42.5 Å². The Kier molecular flexibility index (Phi) is 5.84. The zero-order valence-corrected chi connectivity index (χ0v) is 18.3. The fraction of sp³-hybridized carbons (Fsp3) is 0.304. The average Bonchev–Trinajstić information content (AvgIpc) is 2.93. The first-order valence-electron chi connectivity index (χ1n) is 9.49. The maximum absolute atomic E-state index is 5.67. The number of aryl methyl sites for hydroxylation is 4. The molecule has 3 aromatic rings. The van der Waals surface area contributed by atoms with E-state index >= 15 is 0 Å². The summed E-state index contributed by atoms with van der Waals surface area (Å²) in [6, 6.07) is 14.6. The summed E-state index contributed by atoms with van der Waals surface area (Å²) >= 11 is 5.67. The molecule has 0 saturated heterocycles. The summed E-state index contributed by atoms with van der Waals surface area (Å²) in [7, 11) is 2.02. The van der Waals surface area contributed by atoms with Crippen LogP contribution in [0.4, 0.5) is 5.69 Å². The topological polar surface area (TPSA) is 33.1 Å². The van der Waals surface area contributed by atoms with Crippen molar-refractivity contribution in [1.82, 2.24) is 14.7 Å². The monoisotopic (exact) mass is 392 g/mol. The highest BCUT2D eigenvalue weighted by Gasteiger charge is 2.17. The van der Waals surface area contributed by atoms with Crippen LogP contribution < -0.4 is 5.32 Å². The molecule has 146 valence electrons. The van der Waals surface area contributed by atoms with Crippen LogP contribution >= 0.6 is 12.2 Å². The Balaban J connectivity index is 1.82. The number of hydrogen-bond acceptors (Lipinski definition) is 2. The van der Waals surface area contributed by atoms with Crippen LogP contribution in [0.3, 0.4) is 0 Å². The number of rotatable bonds is 4. The Hall–Kier alpha value is -2.66. The molecule has 0 bridgehead atoms. The average molecular weight is 393 g/mol. The molecule has 0 aliphatic heterocycles. The van der Waals surface area contributed by atoms with E-state index in [2.05, 4.69) is 81.2 Å². The molecule has 0 saturated carbocycles. The van der Waals surface area contributed by atoms with Gasteiger partial charge in [0.1, 0.15) is 0 Å². The van der Waals surface area contributed by atoms with E-state index in [9.17, 15) is 0 Å². The Bertz CT molecular complexity index is 999. The first kappa shape index (κ1) is 20.1. The van der Waals surface area contributed by atoms with Crippen LogP contribution in [0.1, 0.15) is 33.6 Å². The van der Waals surface area contributed by atoms with Crippen LogP contribution in [0, 0.1) is 34.6 Å². The SMILES string of the molecule is Cc1ccccc1-n1nc(C)c(CN(C)C(=S)Nc2c(C)cccc2C)c1C. The summed E-state index contributed by atoms with van der Waals surface area (Å²) in [6.45, 7) is 11.2. The van der Waals surface area contributed by atoms with Crippen LogP contribution in [0.5, 0.6) is 0 Å². The number of para-hydroxylation sites is 2. The molecule has 2 aromatic carbocycles. The molecular weight excluding hydrogens is 364 g/mol. The second kappa shape index (κ2) is 8.15. The summed E-state index contributed by atoms with van der Waals surface area (Å²) < 4.78 is 2.04. The summed E-state index contributed by atoms with van der Waals surface area (Å²) in [5, 5.41) is 8.92. The predicted molar refractivity (Wildman–Crippen MR) is 121 cm³/mol. The van der Waals surface area contributed by atoms with Crippen molar-refractivity contribution in [3.05, 3.63) is 76.1 Å². The molecule has 1 aromatic heterocycles. The molecule has 1 heterocycles. The fourth-order valence-corrected chi connectivity index (χ4v) is 3.63. The third kappa shape index (κ3) is 3.94. The molecule has 28 heavy (non-hydrogen) atoms. The van der Waals surface area contributed by atoms with Crippen molar-refractivity contribution in [1.29, 1.82) is 0 Å². The normalized spacial score (nSPS) is 10.8. The minimum Gasteiger partial charge on any atom is -0.348 e. The zero-order valence-electron chi connectivity index (χ0n) is 17.5. The van der Waals surface area contributed by atoms with Crippen molar-refractivity contribution in [2.24, 2.45) is 0 Å². The first-order valence-corrected chi connectivity index (χ1v) is 9.90. The molecule has 0 unspecified atom stereocenters. The maximum Gasteiger partial charge on any atom is 0.173 e. The van der Waals surface area contributed by atoms with Crippen LogP contribution in [-0.2, 0) is 6.54 Å². The molecule has 0 spiro atoms. The predicted octanol–water partition coefficient (Wildman–Crippen LogP) is 5.24. The zero-order chi connectivity index (χ0) is 20.4. The third-order valence-electron chi connectivity index (χ3n) is 5.24. The number of thiocarbonyl (C=S) groups is 1. The van der Waals surface area contributed by atoms with Crippen molar-refractivity contribution in [2.75, 3.05) is 12.4 Å². The van der Waals surface area contributed by atoms with Gasteiger partial charge in [-0.25, -0.2) is 4.68 Å². The molecule has 0 radical (unpaired) electrons. The highest BCUT2D eigenvalue weighted by atomic mass is 32.1. The molecule has 0 aliphatic carbocycles. The lowest BCUT2D eigenvalue weighted by Gasteiger charge is -2.23. The van der Waals surface area contributed by atoms with Gasteiger partial charge < -0.3 is 10.2 Å². The Labute approximate surface area is 173 Å². The van der Waals surface area contributed by atoms with E-state index in [1.54, 1.807) is 0 Å². The van der Waals surface area contributed by atoms with Crippen molar-refractivity contribution in [3.8, 4) is 5.69 Å². The van der Waals surface area contributed by atoms with Gasteiger partial charge in [0.2, 0.25) is 0 Å². The van der Waals surface area contributed by atoms with Gasteiger partial charge in [-0.2, -0.15) is 5.10 Å². The highest BCUT2D eigenvalue weighted by molar-refractivity contribution is 7.80. The van der Waals surface area contributed by atoms with E-state index in [0.29, 0.717) is 11.7 Å². The number of aromatic nitrogens is 2. The molecular formula is C23H28N4S. The van der Waals surface area contributed by atoms with E-state index in [0.717, 1.165) is 22.8 Å². The minimum atomic E-state index is 0.708. The van der Waals surface area contributed by atoms with Crippen molar-refractivity contribution < 1.29 is 0 Å². The lowest BCUT2D eigenvalue weighted by Crippen LogP contribution is -2.31. The molecule has 0 amide bonds. The Morgan fingerprint density at radius 3 is 2.21 bits per heavy atom. The van der Waals surface area contributed by atoms with Gasteiger partial charge >= 0.3 is 0 Å². The standard InChI is InChI=1S/C23H28N4S/c1-15-10-7-8-13-21(15)27-19(5)20(18(4)25-27)14-26(6)23(28)24-22-16(2)11-9-12-17(22)3/h7-13H,14H2,1-6H3,(H,24,28). The third-order valence-corrected chi connectivity index (χ3v) is 5.65. The van der Waals surface area contributed by atoms with Crippen molar-refractivity contribution in [3.63, 3.8) is 0 Å². The summed E-state index contributed by atoms with van der Waals surface area (Å²) in [4.78, 5) is 2.07. The molecule has 3 rings (SSSR count). The largest absolute Gasteiger partial charge is 0.348 e. The van der Waals surface area contributed by atoms with E-state index < -0.39 is 0 Å². The van der Waals surface area contributed by atoms with Crippen molar-refractivity contribution in [2.45, 2.75) is 41.2 Å². The van der Waals surface area contributed by atoms with Gasteiger partial charge in [0.05, 0.1) is 11.4 Å². The molecule has 0 atom stereocenters. The van der Waals surface area contributed by atoms with Gasteiger partial charge in [-0.3, -0.25) is 0 Å². The van der Waals surface area contributed by atoms with Gasteiger partial charge in [0.15, 0.2) is 5.11 Å². The van der Waals surface area contributed by atoms with Crippen molar-refractivity contribution >= 4 is 23.0 Å².